The summed E-state index contributed by atoms with van der Waals surface area (Å²) >= 11 is 0. The summed E-state index contributed by atoms with van der Waals surface area (Å²) in [5, 5.41) is 14.7. The van der Waals surface area contributed by atoms with Crippen LogP contribution in [0.3, 0.4) is 0 Å². The van der Waals surface area contributed by atoms with Crippen molar-refractivity contribution in [1.82, 2.24) is 14.8 Å². The fourth-order valence-corrected chi connectivity index (χ4v) is 5.61. The molecular formula is C29H29N5O3. The number of hydrogen-bond acceptors (Lipinski definition) is 5. The molecule has 188 valence electrons. The van der Waals surface area contributed by atoms with Gasteiger partial charge in [-0.15, -0.1) is 0 Å². The second kappa shape index (κ2) is 9.32. The lowest BCUT2D eigenvalue weighted by atomic mass is 9.80. The van der Waals surface area contributed by atoms with E-state index in [2.05, 4.69) is 16.4 Å². The Balaban J connectivity index is 1.46. The molecule has 1 aromatic heterocycles. The largest absolute Gasteiger partial charge is 0.330 e. The number of para-hydroxylation sites is 1. The first kappa shape index (κ1) is 24.4. The molecule has 2 aromatic carbocycles. The Hall–Kier alpha value is -4.25. The minimum Gasteiger partial charge on any atom is -0.330 e. The van der Waals surface area contributed by atoms with Gasteiger partial charge in [-0.05, 0) is 47.6 Å². The van der Waals surface area contributed by atoms with Crippen molar-refractivity contribution in [2.24, 2.45) is 5.92 Å². The lowest BCUT2D eigenvalue weighted by molar-refractivity contribution is -0.136. The third-order valence-corrected chi connectivity index (χ3v) is 7.57. The smallest absolute Gasteiger partial charge is 0.254 e. The summed E-state index contributed by atoms with van der Waals surface area (Å²) in [6.45, 7) is 4.09. The van der Waals surface area contributed by atoms with E-state index in [0.29, 0.717) is 12.0 Å². The Bertz CT molecular complexity index is 1440. The van der Waals surface area contributed by atoms with Crippen LogP contribution >= 0.6 is 0 Å². The Morgan fingerprint density at radius 1 is 1.22 bits per heavy atom. The van der Waals surface area contributed by atoms with Crippen molar-refractivity contribution < 1.29 is 14.4 Å². The number of carbonyl (C=O) groups excluding carboxylic acids is 3. The molecule has 1 fully saturated rings. The summed E-state index contributed by atoms with van der Waals surface area (Å²) < 4.78 is 0. The Morgan fingerprint density at radius 2 is 2.00 bits per heavy atom. The number of nitrogens with one attached hydrogen (secondary N) is 1. The predicted octanol–water partition coefficient (Wildman–Crippen LogP) is 3.74. The SMILES string of the molecule is CC(C)C[C@@H](C(=O)N1C[C@]2(C[C@H]1C#N)C(=O)Nc1ccccc12)N(C)C(=O)c1ccc2cnccc2c1. The van der Waals surface area contributed by atoms with Crippen LogP contribution in [0.15, 0.2) is 60.9 Å². The third kappa shape index (κ3) is 4.10. The van der Waals surface area contributed by atoms with E-state index in [9.17, 15) is 19.6 Å². The number of likely N-dealkylation sites (N-methyl/N-ethyl adjacent to an activating group) is 1. The number of aromatic nitrogens is 1. The van der Waals surface area contributed by atoms with Gasteiger partial charge in [0.2, 0.25) is 11.8 Å². The molecule has 8 heteroatoms. The molecule has 0 bridgehead atoms. The number of anilines is 1. The second-order valence-electron chi connectivity index (χ2n) is 10.4. The van der Waals surface area contributed by atoms with E-state index in [4.69, 9.17) is 0 Å². The van der Waals surface area contributed by atoms with Gasteiger partial charge < -0.3 is 15.1 Å². The van der Waals surface area contributed by atoms with Crippen LogP contribution < -0.4 is 5.32 Å². The molecule has 0 radical (unpaired) electrons. The molecule has 0 aliphatic carbocycles. The lowest BCUT2D eigenvalue weighted by Gasteiger charge is -2.33. The van der Waals surface area contributed by atoms with Crippen molar-refractivity contribution in [3.05, 3.63) is 72.1 Å². The first-order valence-electron chi connectivity index (χ1n) is 12.5. The molecule has 2 aliphatic heterocycles. The molecule has 0 saturated carbocycles. The molecule has 1 N–H and O–H groups in total. The van der Waals surface area contributed by atoms with E-state index in [1.807, 2.05) is 50.2 Å². The molecule has 1 saturated heterocycles. The number of amides is 3. The highest BCUT2D eigenvalue weighted by Gasteiger charge is 2.56. The topological polar surface area (TPSA) is 106 Å². The average molecular weight is 496 g/mol. The van der Waals surface area contributed by atoms with Gasteiger partial charge in [-0.25, -0.2) is 0 Å². The Morgan fingerprint density at radius 3 is 2.76 bits per heavy atom. The Kier molecular flexibility index (Phi) is 6.16. The summed E-state index contributed by atoms with van der Waals surface area (Å²) in [6, 6.07) is 15.4. The number of rotatable bonds is 5. The van der Waals surface area contributed by atoms with E-state index < -0.39 is 17.5 Å². The van der Waals surface area contributed by atoms with Crippen molar-refractivity contribution in [3.63, 3.8) is 0 Å². The fraction of sp³-hybridized carbons (Fsp3) is 0.345. The molecule has 3 aromatic rings. The van der Waals surface area contributed by atoms with Crippen LogP contribution in [-0.4, -0.2) is 58.2 Å². The van der Waals surface area contributed by atoms with Gasteiger partial charge >= 0.3 is 0 Å². The van der Waals surface area contributed by atoms with Crippen molar-refractivity contribution in [1.29, 1.82) is 5.26 Å². The zero-order valence-electron chi connectivity index (χ0n) is 21.1. The number of carbonyl (C=O) groups is 3. The van der Waals surface area contributed by atoms with Crippen molar-refractivity contribution in [2.45, 2.75) is 44.2 Å². The number of likely N-dealkylation sites (tertiary alicyclic amines) is 1. The van der Waals surface area contributed by atoms with Crippen molar-refractivity contribution in [3.8, 4) is 6.07 Å². The summed E-state index contributed by atoms with van der Waals surface area (Å²) in [6.07, 6.45) is 4.07. The van der Waals surface area contributed by atoms with Gasteiger partial charge in [-0.2, -0.15) is 5.26 Å². The van der Waals surface area contributed by atoms with E-state index in [1.165, 1.54) is 9.80 Å². The molecule has 3 atom stereocenters. The molecule has 8 nitrogen and oxygen atoms in total. The average Bonchev–Trinajstić information content (AvgIpc) is 3.43. The molecule has 5 rings (SSSR count). The molecule has 1 spiro atoms. The third-order valence-electron chi connectivity index (χ3n) is 7.57. The van der Waals surface area contributed by atoms with Gasteiger partial charge in [0.15, 0.2) is 0 Å². The van der Waals surface area contributed by atoms with Gasteiger partial charge in [-0.3, -0.25) is 19.4 Å². The summed E-state index contributed by atoms with van der Waals surface area (Å²) in [4.78, 5) is 47.8. The highest BCUT2D eigenvalue weighted by atomic mass is 16.2. The monoisotopic (exact) mass is 495 g/mol. The van der Waals surface area contributed by atoms with Crippen molar-refractivity contribution in [2.75, 3.05) is 18.9 Å². The molecular weight excluding hydrogens is 466 g/mol. The van der Waals surface area contributed by atoms with Crippen LogP contribution in [0.25, 0.3) is 10.8 Å². The zero-order valence-corrected chi connectivity index (χ0v) is 21.1. The molecule has 0 unspecified atom stereocenters. The number of nitriles is 1. The van der Waals surface area contributed by atoms with Gasteiger partial charge in [0.25, 0.3) is 5.91 Å². The molecule has 3 amide bonds. The van der Waals surface area contributed by atoms with E-state index in [-0.39, 0.29) is 36.6 Å². The minimum absolute atomic E-state index is 0.104. The normalized spacial score (nSPS) is 21.1. The highest BCUT2D eigenvalue weighted by Crippen LogP contribution is 2.46. The van der Waals surface area contributed by atoms with Gasteiger partial charge in [0, 0.05) is 49.0 Å². The lowest BCUT2D eigenvalue weighted by Crippen LogP contribution is -2.52. The van der Waals surface area contributed by atoms with E-state index >= 15 is 0 Å². The van der Waals surface area contributed by atoms with Crippen LogP contribution in [0.1, 0.15) is 42.6 Å². The predicted molar refractivity (Wildman–Crippen MR) is 140 cm³/mol. The summed E-state index contributed by atoms with van der Waals surface area (Å²) in [7, 11) is 1.63. The highest BCUT2D eigenvalue weighted by molar-refractivity contribution is 6.07. The van der Waals surface area contributed by atoms with Gasteiger partial charge in [0.05, 0.1) is 11.5 Å². The fourth-order valence-electron chi connectivity index (χ4n) is 5.61. The maximum Gasteiger partial charge on any atom is 0.254 e. The van der Waals surface area contributed by atoms with E-state index in [0.717, 1.165) is 22.0 Å². The van der Waals surface area contributed by atoms with Gasteiger partial charge in [-0.1, -0.05) is 38.1 Å². The van der Waals surface area contributed by atoms with Crippen LogP contribution in [0.2, 0.25) is 0 Å². The number of nitrogens with zero attached hydrogens (tertiary/aromatic N) is 4. The first-order valence-corrected chi connectivity index (χ1v) is 12.5. The number of pyridine rings is 1. The first-order chi connectivity index (χ1) is 17.7. The zero-order chi connectivity index (χ0) is 26.3. The number of benzene rings is 2. The maximum absolute atomic E-state index is 14.0. The maximum atomic E-state index is 14.0. The number of fused-ring (bicyclic) bond motifs is 3. The van der Waals surface area contributed by atoms with E-state index in [1.54, 1.807) is 31.6 Å². The molecule has 3 heterocycles. The van der Waals surface area contributed by atoms with Crippen LogP contribution in [0, 0.1) is 17.2 Å². The summed E-state index contributed by atoms with van der Waals surface area (Å²) in [5.41, 5.74) is 1.04. The Labute approximate surface area is 215 Å². The molecule has 2 aliphatic rings. The standard InChI is InChI=1S/C29H29N5O3/c1-18(2)12-25(33(3)26(35)20-8-9-21-16-31-11-10-19(21)13-20)27(36)34-17-29(14-22(34)15-30)23-6-4-5-7-24(23)32-28(29)37/h4-11,13,16,18,22,25H,12,14,17H2,1-3H3,(H,32,37)/t22-,25-,29-/m0/s1. The van der Waals surface area contributed by atoms with Crippen molar-refractivity contribution >= 4 is 34.2 Å². The summed E-state index contributed by atoms with van der Waals surface area (Å²) in [5.74, 6) is -0.654. The molecule has 37 heavy (non-hydrogen) atoms. The van der Waals surface area contributed by atoms with Crippen LogP contribution in [-0.2, 0) is 15.0 Å². The number of hydrogen-bond donors (Lipinski definition) is 1. The van der Waals surface area contributed by atoms with Crippen LogP contribution in [0.4, 0.5) is 5.69 Å². The minimum atomic E-state index is -0.968. The quantitative estimate of drug-likeness (QED) is 0.580. The van der Waals surface area contributed by atoms with Crippen LogP contribution in [0.5, 0.6) is 0 Å². The second-order valence-corrected chi connectivity index (χ2v) is 10.4. The van der Waals surface area contributed by atoms with Gasteiger partial charge in [0.1, 0.15) is 12.1 Å².